The molecule has 3 rings (SSSR count). The molecule has 0 saturated heterocycles. The first kappa shape index (κ1) is 17.6. The maximum absolute atomic E-state index is 12.6. The number of benzene rings is 2. The molecular formula is C17H14IN3O3S. The summed E-state index contributed by atoms with van der Waals surface area (Å²) in [4.78, 5) is 12.8. The second-order valence-electron chi connectivity index (χ2n) is 5.47. The van der Waals surface area contributed by atoms with E-state index in [1.54, 1.807) is 30.3 Å². The summed E-state index contributed by atoms with van der Waals surface area (Å²) < 4.78 is 25.4. The van der Waals surface area contributed by atoms with Gasteiger partial charge in [0.2, 0.25) is 5.78 Å². The minimum Gasteiger partial charge on any atom is -0.384 e. The third-order valence-electron chi connectivity index (χ3n) is 3.57. The number of halogens is 1. The molecule has 1 heterocycles. The van der Waals surface area contributed by atoms with Gasteiger partial charge in [0.05, 0.1) is 10.6 Å². The molecule has 0 aliphatic rings. The summed E-state index contributed by atoms with van der Waals surface area (Å²) in [6, 6.07) is 14.9. The lowest BCUT2D eigenvalue weighted by molar-refractivity contribution is 0.103. The lowest BCUT2D eigenvalue weighted by atomic mass is 10.1. The van der Waals surface area contributed by atoms with Crippen LogP contribution in [0.5, 0.6) is 0 Å². The fraction of sp³-hybridized carbons (Fsp3) is 0.0588. The number of carbonyl (C=O) groups is 1. The van der Waals surface area contributed by atoms with E-state index in [9.17, 15) is 13.2 Å². The van der Waals surface area contributed by atoms with Crippen LogP contribution in [-0.4, -0.2) is 30.2 Å². The Kier molecular flexibility index (Phi) is 4.65. The van der Waals surface area contributed by atoms with Crippen molar-refractivity contribution in [1.29, 1.82) is 0 Å². The first-order valence-electron chi connectivity index (χ1n) is 7.22. The van der Waals surface area contributed by atoms with Crippen LogP contribution in [0.1, 0.15) is 16.1 Å². The summed E-state index contributed by atoms with van der Waals surface area (Å²) in [5, 5.41) is 4.27. The summed E-state index contributed by atoms with van der Waals surface area (Å²) in [5.41, 5.74) is 7.31. The molecule has 0 bridgehead atoms. The third kappa shape index (κ3) is 3.74. The van der Waals surface area contributed by atoms with Crippen molar-refractivity contribution in [2.75, 3.05) is 12.0 Å². The van der Waals surface area contributed by atoms with Crippen LogP contribution in [0.25, 0.3) is 5.69 Å². The molecule has 0 aliphatic heterocycles. The number of nitrogens with two attached hydrogens (primary N) is 1. The molecule has 0 atom stereocenters. The van der Waals surface area contributed by atoms with Crippen molar-refractivity contribution in [3.63, 3.8) is 0 Å². The van der Waals surface area contributed by atoms with Crippen LogP contribution in [0.2, 0.25) is 0 Å². The van der Waals surface area contributed by atoms with E-state index in [0.29, 0.717) is 17.1 Å². The van der Waals surface area contributed by atoms with Gasteiger partial charge < -0.3 is 5.73 Å². The SMILES string of the molecule is CS(=O)(=O)c1ccc(-n2nc(C(=O)c3cccc(I)c3)cc2N)cc1. The van der Waals surface area contributed by atoms with Crippen molar-refractivity contribution >= 4 is 44.0 Å². The van der Waals surface area contributed by atoms with E-state index in [2.05, 4.69) is 27.7 Å². The van der Waals surface area contributed by atoms with Crippen LogP contribution in [0.3, 0.4) is 0 Å². The Hall–Kier alpha value is -2.20. The van der Waals surface area contributed by atoms with Gasteiger partial charge in [-0.25, -0.2) is 13.1 Å². The Morgan fingerprint density at radius 3 is 2.40 bits per heavy atom. The van der Waals surface area contributed by atoms with Crippen molar-refractivity contribution in [2.24, 2.45) is 0 Å². The standard InChI is InChI=1S/C17H14IN3O3S/c1-25(23,24)14-7-5-13(6-8-14)21-16(19)10-15(20-21)17(22)11-3-2-4-12(18)9-11/h2-10H,19H2,1H3. The topological polar surface area (TPSA) is 95.0 Å². The summed E-state index contributed by atoms with van der Waals surface area (Å²) in [6.45, 7) is 0. The molecule has 3 aromatic rings. The Balaban J connectivity index is 1.96. The predicted molar refractivity (Wildman–Crippen MR) is 104 cm³/mol. The van der Waals surface area contributed by atoms with Crippen molar-refractivity contribution in [3.8, 4) is 5.69 Å². The Bertz CT molecular complexity index is 1060. The van der Waals surface area contributed by atoms with Crippen LogP contribution in [0, 0.1) is 3.57 Å². The number of nitrogen functional groups attached to an aromatic ring is 1. The lowest BCUT2D eigenvalue weighted by Gasteiger charge is -2.05. The van der Waals surface area contributed by atoms with Crippen LogP contribution in [0.4, 0.5) is 5.82 Å². The van der Waals surface area contributed by atoms with Gasteiger partial charge in [0.1, 0.15) is 11.5 Å². The van der Waals surface area contributed by atoms with Gasteiger partial charge >= 0.3 is 0 Å². The Morgan fingerprint density at radius 1 is 1.12 bits per heavy atom. The molecule has 0 amide bonds. The molecular weight excluding hydrogens is 453 g/mol. The molecule has 2 N–H and O–H groups in total. The van der Waals surface area contributed by atoms with Gasteiger partial charge in [-0.05, 0) is 59.0 Å². The highest BCUT2D eigenvalue weighted by Crippen LogP contribution is 2.19. The first-order chi connectivity index (χ1) is 11.8. The third-order valence-corrected chi connectivity index (χ3v) is 5.37. The van der Waals surface area contributed by atoms with Gasteiger partial charge in [0.15, 0.2) is 9.84 Å². The average Bonchev–Trinajstić information content (AvgIpc) is 2.95. The largest absolute Gasteiger partial charge is 0.384 e. The van der Waals surface area contributed by atoms with Gasteiger partial charge in [-0.3, -0.25) is 4.79 Å². The van der Waals surface area contributed by atoms with Crippen molar-refractivity contribution in [1.82, 2.24) is 9.78 Å². The van der Waals surface area contributed by atoms with Gasteiger partial charge in [0, 0.05) is 21.5 Å². The maximum Gasteiger partial charge on any atom is 0.213 e. The highest BCUT2D eigenvalue weighted by atomic mass is 127. The second kappa shape index (κ2) is 6.60. The van der Waals surface area contributed by atoms with Crippen LogP contribution >= 0.6 is 22.6 Å². The summed E-state index contributed by atoms with van der Waals surface area (Å²) in [5.74, 6) is 0.0674. The smallest absolute Gasteiger partial charge is 0.213 e. The number of hydrogen-bond donors (Lipinski definition) is 1. The van der Waals surface area contributed by atoms with Gasteiger partial charge in [0.25, 0.3) is 0 Å². The molecule has 6 nitrogen and oxygen atoms in total. The maximum atomic E-state index is 12.6. The van der Waals surface area contributed by atoms with E-state index in [-0.39, 0.29) is 16.4 Å². The van der Waals surface area contributed by atoms with Crippen molar-refractivity contribution in [3.05, 3.63) is 69.4 Å². The van der Waals surface area contributed by atoms with E-state index in [1.165, 1.54) is 22.9 Å². The molecule has 0 unspecified atom stereocenters. The molecule has 0 saturated carbocycles. The number of carbonyl (C=O) groups excluding carboxylic acids is 1. The zero-order valence-corrected chi connectivity index (χ0v) is 16.2. The highest BCUT2D eigenvalue weighted by molar-refractivity contribution is 14.1. The molecule has 25 heavy (non-hydrogen) atoms. The zero-order chi connectivity index (χ0) is 18.2. The Labute approximate surface area is 158 Å². The monoisotopic (exact) mass is 467 g/mol. The number of anilines is 1. The minimum atomic E-state index is -3.28. The van der Waals surface area contributed by atoms with Crippen LogP contribution in [-0.2, 0) is 9.84 Å². The molecule has 8 heteroatoms. The quantitative estimate of drug-likeness (QED) is 0.471. The molecule has 128 valence electrons. The van der Waals surface area contributed by atoms with Crippen molar-refractivity contribution < 1.29 is 13.2 Å². The molecule has 0 aliphatic carbocycles. The van der Waals surface area contributed by atoms with E-state index >= 15 is 0 Å². The molecule has 0 radical (unpaired) electrons. The zero-order valence-electron chi connectivity index (χ0n) is 13.2. The number of hydrogen-bond acceptors (Lipinski definition) is 5. The lowest BCUT2D eigenvalue weighted by Crippen LogP contribution is -2.06. The van der Waals surface area contributed by atoms with Crippen LogP contribution in [0.15, 0.2) is 59.5 Å². The number of ketones is 1. The average molecular weight is 467 g/mol. The molecule has 0 spiro atoms. The van der Waals surface area contributed by atoms with E-state index in [4.69, 9.17) is 5.73 Å². The van der Waals surface area contributed by atoms with E-state index in [0.717, 1.165) is 9.83 Å². The summed E-state index contributed by atoms with van der Waals surface area (Å²) in [7, 11) is -3.28. The Morgan fingerprint density at radius 2 is 1.80 bits per heavy atom. The van der Waals surface area contributed by atoms with Crippen LogP contribution < -0.4 is 5.73 Å². The molecule has 2 aromatic carbocycles. The van der Waals surface area contributed by atoms with Crippen molar-refractivity contribution in [2.45, 2.75) is 4.90 Å². The summed E-state index contributed by atoms with van der Waals surface area (Å²) in [6.07, 6.45) is 1.14. The number of nitrogens with zero attached hydrogens (tertiary/aromatic N) is 2. The second-order valence-corrected chi connectivity index (χ2v) is 8.73. The predicted octanol–water partition coefficient (Wildman–Crippen LogP) is 2.69. The number of aromatic nitrogens is 2. The number of sulfone groups is 1. The minimum absolute atomic E-state index is 0.206. The fourth-order valence-corrected chi connectivity index (χ4v) is 3.50. The summed E-state index contributed by atoms with van der Waals surface area (Å²) >= 11 is 2.14. The van der Waals surface area contributed by atoms with Gasteiger partial charge in [-0.2, -0.15) is 5.10 Å². The molecule has 1 aromatic heterocycles. The fourth-order valence-electron chi connectivity index (χ4n) is 2.33. The highest BCUT2D eigenvalue weighted by Gasteiger charge is 2.16. The van der Waals surface area contributed by atoms with Gasteiger partial charge in [-0.1, -0.05) is 12.1 Å². The normalized spacial score (nSPS) is 11.4. The van der Waals surface area contributed by atoms with E-state index in [1.807, 2.05) is 6.07 Å². The molecule has 0 fully saturated rings. The van der Waals surface area contributed by atoms with E-state index < -0.39 is 9.84 Å². The first-order valence-corrected chi connectivity index (χ1v) is 10.2. The number of rotatable bonds is 4. The van der Waals surface area contributed by atoms with Gasteiger partial charge in [-0.15, -0.1) is 0 Å².